The highest BCUT2D eigenvalue weighted by Gasteiger charge is 2.13. The molecule has 0 aliphatic carbocycles. The SMILES string of the molecule is COC(=O)c1ccccc1OCC(O)CNCCNC(=O)Nc1ccccc1. The lowest BCUT2D eigenvalue weighted by Gasteiger charge is -2.15. The first-order chi connectivity index (χ1) is 13.6. The smallest absolute Gasteiger partial charge is 0.341 e. The van der Waals surface area contributed by atoms with Gasteiger partial charge in [0.25, 0.3) is 0 Å². The Labute approximate surface area is 163 Å². The number of carbonyl (C=O) groups is 2. The van der Waals surface area contributed by atoms with E-state index >= 15 is 0 Å². The monoisotopic (exact) mass is 387 g/mol. The molecule has 0 radical (unpaired) electrons. The molecular weight excluding hydrogens is 362 g/mol. The number of esters is 1. The number of para-hydroxylation sites is 2. The molecule has 8 nitrogen and oxygen atoms in total. The molecule has 0 aliphatic heterocycles. The standard InChI is InChI=1S/C20H25N3O5/c1-27-19(25)17-9-5-6-10-18(17)28-14-16(24)13-21-11-12-22-20(26)23-15-7-3-2-4-8-15/h2-10,16,21,24H,11-14H2,1H3,(H2,22,23,26). The number of rotatable bonds is 10. The van der Waals surface area contributed by atoms with E-state index in [-0.39, 0.29) is 19.2 Å². The minimum absolute atomic E-state index is 0.0168. The van der Waals surface area contributed by atoms with Gasteiger partial charge in [-0.2, -0.15) is 0 Å². The van der Waals surface area contributed by atoms with Gasteiger partial charge in [0.2, 0.25) is 0 Å². The van der Waals surface area contributed by atoms with Gasteiger partial charge in [0, 0.05) is 25.3 Å². The number of benzene rings is 2. The summed E-state index contributed by atoms with van der Waals surface area (Å²) in [6.45, 7) is 1.18. The maximum Gasteiger partial charge on any atom is 0.341 e. The summed E-state index contributed by atoms with van der Waals surface area (Å²) in [4.78, 5) is 23.4. The number of amides is 2. The summed E-state index contributed by atoms with van der Waals surface area (Å²) in [6.07, 6.45) is -0.774. The van der Waals surface area contributed by atoms with Gasteiger partial charge in [0.1, 0.15) is 24.0 Å². The first kappa shape index (κ1) is 21.2. The van der Waals surface area contributed by atoms with E-state index in [1.165, 1.54) is 7.11 Å². The third kappa shape index (κ3) is 7.26. The quantitative estimate of drug-likeness (QED) is 0.364. The van der Waals surface area contributed by atoms with Crippen molar-refractivity contribution in [3.63, 3.8) is 0 Å². The highest BCUT2D eigenvalue weighted by Crippen LogP contribution is 2.18. The van der Waals surface area contributed by atoms with E-state index in [0.717, 1.165) is 0 Å². The lowest BCUT2D eigenvalue weighted by molar-refractivity contribution is 0.0588. The summed E-state index contributed by atoms with van der Waals surface area (Å²) in [5.74, 6) is -0.143. The number of ether oxygens (including phenoxy) is 2. The van der Waals surface area contributed by atoms with Crippen molar-refractivity contribution in [2.45, 2.75) is 6.10 Å². The van der Waals surface area contributed by atoms with Crippen molar-refractivity contribution in [1.82, 2.24) is 10.6 Å². The zero-order valence-electron chi connectivity index (χ0n) is 15.7. The van der Waals surface area contributed by atoms with Crippen LogP contribution < -0.4 is 20.7 Å². The van der Waals surface area contributed by atoms with Gasteiger partial charge in [-0.05, 0) is 24.3 Å². The van der Waals surface area contributed by atoms with Gasteiger partial charge in [-0.15, -0.1) is 0 Å². The Morgan fingerprint density at radius 3 is 2.50 bits per heavy atom. The predicted octanol–water partition coefficient (Wildman–Crippen LogP) is 1.62. The first-order valence-corrected chi connectivity index (χ1v) is 8.89. The normalized spacial score (nSPS) is 11.4. The van der Waals surface area contributed by atoms with Gasteiger partial charge in [-0.3, -0.25) is 0 Å². The summed E-state index contributed by atoms with van der Waals surface area (Å²) in [5, 5.41) is 18.4. The fourth-order valence-electron chi connectivity index (χ4n) is 2.35. The predicted molar refractivity (Wildman–Crippen MR) is 106 cm³/mol. The minimum Gasteiger partial charge on any atom is -0.490 e. The van der Waals surface area contributed by atoms with Gasteiger partial charge in [0.15, 0.2) is 0 Å². The topological polar surface area (TPSA) is 109 Å². The molecule has 4 N–H and O–H groups in total. The number of urea groups is 1. The van der Waals surface area contributed by atoms with Crippen LogP contribution in [-0.4, -0.2) is 56.6 Å². The van der Waals surface area contributed by atoms with Crippen LogP contribution in [0.5, 0.6) is 5.75 Å². The molecule has 0 heterocycles. The molecule has 8 heteroatoms. The van der Waals surface area contributed by atoms with Crippen LogP contribution in [0.25, 0.3) is 0 Å². The molecule has 2 aromatic carbocycles. The van der Waals surface area contributed by atoms with Gasteiger partial charge in [-0.1, -0.05) is 30.3 Å². The van der Waals surface area contributed by atoms with Crippen molar-refractivity contribution >= 4 is 17.7 Å². The van der Waals surface area contributed by atoms with E-state index in [4.69, 9.17) is 9.47 Å². The molecule has 2 amide bonds. The molecule has 0 aromatic heterocycles. The molecule has 0 spiro atoms. The third-order valence-corrected chi connectivity index (χ3v) is 3.72. The Morgan fingerprint density at radius 2 is 1.75 bits per heavy atom. The van der Waals surface area contributed by atoms with Crippen LogP contribution in [0.2, 0.25) is 0 Å². The van der Waals surface area contributed by atoms with E-state index in [1.54, 1.807) is 36.4 Å². The Hall–Kier alpha value is -3.10. The minimum atomic E-state index is -0.774. The summed E-state index contributed by atoms with van der Waals surface area (Å²) in [6, 6.07) is 15.5. The van der Waals surface area contributed by atoms with E-state index in [2.05, 4.69) is 16.0 Å². The van der Waals surface area contributed by atoms with Crippen LogP contribution in [0, 0.1) is 0 Å². The van der Waals surface area contributed by atoms with Gasteiger partial charge < -0.3 is 30.5 Å². The number of carbonyl (C=O) groups excluding carboxylic acids is 2. The van der Waals surface area contributed by atoms with Crippen LogP contribution in [0.15, 0.2) is 54.6 Å². The number of nitrogens with one attached hydrogen (secondary N) is 3. The fraction of sp³-hybridized carbons (Fsp3) is 0.300. The van der Waals surface area contributed by atoms with Crippen molar-refractivity contribution in [3.8, 4) is 5.75 Å². The number of aliphatic hydroxyl groups is 1. The number of aliphatic hydroxyl groups excluding tert-OH is 1. The second kappa shape index (κ2) is 11.6. The fourth-order valence-corrected chi connectivity index (χ4v) is 2.35. The van der Waals surface area contributed by atoms with E-state index in [1.807, 2.05) is 18.2 Å². The van der Waals surface area contributed by atoms with Crippen molar-refractivity contribution in [1.29, 1.82) is 0 Å². The Bertz CT molecular complexity index is 755. The van der Waals surface area contributed by atoms with Gasteiger partial charge >= 0.3 is 12.0 Å². The largest absolute Gasteiger partial charge is 0.490 e. The van der Waals surface area contributed by atoms with Crippen molar-refractivity contribution < 1.29 is 24.2 Å². The Kier molecular flexibility index (Phi) is 8.77. The van der Waals surface area contributed by atoms with Crippen LogP contribution in [0.3, 0.4) is 0 Å². The Morgan fingerprint density at radius 1 is 1.04 bits per heavy atom. The van der Waals surface area contributed by atoms with E-state index in [9.17, 15) is 14.7 Å². The van der Waals surface area contributed by atoms with E-state index in [0.29, 0.717) is 30.1 Å². The second-order valence-corrected chi connectivity index (χ2v) is 5.90. The number of methoxy groups -OCH3 is 1. The van der Waals surface area contributed by atoms with Crippen LogP contribution in [0.1, 0.15) is 10.4 Å². The summed E-state index contributed by atoms with van der Waals surface area (Å²) >= 11 is 0. The molecule has 0 saturated heterocycles. The number of anilines is 1. The lowest BCUT2D eigenvalue weighted by Crippen LogP contribution is -2.38. The molecule has 28 heavy (non-hydrogen) atoms. The average Bonchev–Trinajstić information content (AvgIpc) is 2.72. The van der Waals surface area contributed by atoms with Crippen molar-refractivity contribution in [3.05, 3.63) is 60.2 Å². The molecule has 0 aliphatic rings. The maximum absolute atomic E-state index is 11.7. The van der Waals surface area contributed by atoms with Gasteiger partial charge in [-0.25, -0.2) is 9.59 Å². The van der Waals surface area contributed by atoms with Gasteiger partial charge in [0.05, 0.1) is 7.11 Å². The third-order valence-electron chi connectivity index (χ3n) is 3.72. The molecule has 1 unspecified atom stereocenters. The highest BCUT2D eigenvalue weighted by molar-refractivity contribution is 5.92. The maximum atomic E-state index is 11.7. The lowest BCUT2D eigenvalue weighted by atomic mass is 10.2. The van der Waals surface area contributed by atoms with Crippen molar-refractivity contribution in [2.75, 3.05) is 38.7 Å². The van der Waals surface area contributed by atoms with Crippen molar-refractivity contribution in [2.24, 2.45) is 0 Å². The number of hydrogen-bond donors (Lipinski definition) is 4. The average molecular weight is 387 g/mol. The summed E-state index contributed by atoms with van der Waals surface area (Å²) < 4.78 is 10.2. The molecule has 0 saturated carbocycles. The molecule has 1 atom stereocenters. The molecule has 0 fully saturated rings. The molecule has 2 rings (SSSR count). The molecule has 150 valence electrons. The summed E-state index contributed by atoms with van der Waals surface area (Å²) in [5.41, 5.74) is 1.02. The zero-order chi connectivity index (χ0) is 20.2. The number of hydrogen-bond acceptors (Lipinski definition) is 6. The van der Waals surface area contributed by atoms with E-state index < -0.39 is 12.1 Å². The summed E-state index contributed by atoms with van der Waals surface area (Å²) in [7, 11) is 1.30. The first-order valence-electron chi connectivity index (χ1n) is 8.89. The molecular formula is C20H25N3O5. The van der Waals surface area contributed by atoms with Crippen LogP contribution in [0.4, 0.5) is 10.5 Å². The Balaban J connectivity index is 1.61. The molecule has 0 bridgehead atoms. The zero-order valence-corrected chi connectivity index (χ0v) is 15.7. The van der Waals surface area contributed by atoms with Crippen LogP contribution >= 0.6 is 0 Å². The second-order valence-electron chi connectivity index (χ2n) is 5.90. The molecule has 2 aromatic rings. The highest BCUT2D eigenvalue weighted by atomic mass is 16.5. The van der Waals surface area contributed by atoms with Crippen LogP contribution in [-0.2, 0) is 4.74 Å².